The van der Waals surface area contributed by atoms with E-state index in [0.717, 1.165) is 25.3 Å². The quantitative estimate of drug-likeness (QED) is 0.714. The molecule has 0 spiro atoms. The Hall–Kier alpha value is -2.70. The van der Waals surface area contributed by atoms with E-state index in [1.54, 1.807) is 12.3 Å². The molecule has 1 aromatic carbocycles. The van der Waals surface area contributed by atoms with Gasteiger partial charge in [-0.1, -0.05) is 17.3 Å². The van der Waals surface area contributed by atoms with Gasteiger partial charge in [0.05, 0.1) is 11.6 Å². The zero-order chi connectivity index (χ0) is 17.2. The van der Waals surface area contributed by atoms with Crippen LogP contribution in [0.4, 0.5) is 10.1 Å². The van der Waals surface area contributed by atoms with Crippen LogP contribution in [0.15, 0.2) is 41.2 Å². The van der Waals surface area contributed by atoms with Gasteiger partial charge in [0.25, 0.3) is 0 Å². The van der Waals surface area contributed by atoms with Crippen LogP contribution >= 0.6 is 0 Å². The standard InChI is InChI=1S/C18H20FN5O/c1-13-20-8-11-23(13)10-7-17-21-18(25-22-17)14-6-9-24(12-14)16-5-3-2-4-15(16)19/h2-5,8,11,14H,6-7,9-10,12H2,1H3. The molecule has 4 rings (SSSR count). The van der Waals surface area contributed by atoms with Crippen molar-refractivity contribution in [2.75, 3.05) is 18.0 Å². The van der Waals surface area contributed by atoms with Crippen molar-refractivity contribution in [3.05, 3.63) is 60.0 Å². The van der Waals surface area contributed by atoms with E-state index >= 15 is 0 Å². The second-order valence-electron chi connectivity index (χ2n) is 6.35. The van der Waals surface area contributed by atoms with E-state index in [4.69, 9.17) is 4.52 Å². The first kappa shape index (κ1) is 15.8. The number of rotatable bonds is 5. The predicted molar refractivity (Wildman–Crippen MR) is 90.9 cm³/mol. The fourth-order valence-corrected chi connectivity index (χ4v) is 3.28. The van der Waals surface area contributed by atoms with Crippen LogP contribution in [0.2, 0.25) is 0 Å². The van der Waals surface area contributed by atoms with Crippen LogP contribution < -0.4 is 4.90 Å². The van der Waals surface area contributed by atoms with E-state index in [1.807, 2.05) is 30.2 Å². The zero-order valence-electron chi connectivity index (χ0n) is 14.1. The molecule has 25 heavy (non-hydrogen) atoms. The van der Waals surface area contributed by atoms with Crippen molar-refractivity contribution in [3.8, 4) is 0 Å². The molecular formula is C18H20FN5O. The van der Waals surface area contributed by atoms with Gasteiger partial charge in [-0.2, -0.15) is 4.98 Å². The molecule has 2 aromatic heterocycles. The molecular weight excluding hydrogens is 321 g/mol. The zero-order valence-corrected chi connectivity index (χ0v) is 14.1. The van der Waals surface area contributed by atoms with Gasteiger partial charge in [-0.25, -0.2) is 9.37 Å². The summed E-state index contributed by atoms with van der Waals surface area (Å²) in [5.41, 5.74) is 0.639. The highest BCUT2D eigenvalue weighted by atomic mass is 19.1. The molecule has 7 heteroatoms. The molecule has 130 valence electrons. The van der Waals surface area contributed by atoms with Crippen molar-refractivity contribution in [1.82, 2.24) is 19.7 Å². The van der Waals surface area contributed by atoms with Crippen LogP contribution in [-0.4, -0.2) is 32.8 Å². The number of aromatic nitrogens is 4. The van der Waals surface area contributed by atoms with E-state index in [1.165, 1.54) is 6.07 Å². The Labute approximate surface area is 145 Å². The molecule has 0 N–H and O–H groups in total. The highest BCUT2D eigenvalue weighted by Gasteiger charge is 2.29. The summed E-state index contributed by atoms with van der Waals surface area (Å²) in [7, 11) is 0. The maximum Gasteiger partial charge on any atom is 0.231 e. The van der Waals surface area contributed by atoms with Crippen molar-refractivity contribution >= 4 is 5.69 Å². The predicted octanol–water partition coefficient (Wildman–Crippen LogP) is 2.95. The van der Waals surface area contributed by atoms with Crippen molar-refractivity contribution in [2.24, 2.45) is 0 Å². The minimum absolute atomic E-state index is 0.149. The number of hydrogen-bond acceptors (Lipinski definition) is 5. The topological polar surface area (TPSA) is 60.0 Å². The molecule has 3 heterocycles. The van der Waals surface area contributed by atoms with Crippen LogP contribution in [0.1, 0.15) is 29.9 Å². The fourth-order valence-electron chi connectivity index (χ4n) is 3.28. The minimum Gasteiger partial charge on any atom is -0.368 e. The molecule has 1 fully saturated rings. The molecule has 3 aromatic rings. The normalized spacial score (nSPS) is 17.4. The third-order valence-electron chi connectivity index (χ3n) is 4.71. The Balaban J connectivity index is 1.39. The lowest BCUT2D eigenvalue weighted by Gasteiger charge is -2.18. The number of nitrogens with zero attached hydrogens (tertiary/aromatic N) is 5. The lowest BCUT2D eigenvalue weighted by Crippen LogP contribution is -2.20. The molecule has 0 aliphatic carbocycles. The van der Waals surface area contributed by atoms with Gasteiger partial charge in [0, 0.05) is 38.4 Å². The second-order valence-corrected chi connectivity index (χ2v) is 6.35. The maximum atomic E-state index is 13.9. The highest BCUT2D eigenvalue weighted by molar-refractivity contribution is 5.49. The Morgan fingerprint density at radius 2 is 2.20 bits per heavy atom. The summed E-state index contributed by atoms with van der Waals surface area (Å²) in [6, 6.07) is 6.86. The van der Waals surface area contributed by atoms with Gasteiger partial charge in [0.1, 0.15) is 11.6 Å². The van der Waals surface area contributed by atoms with Gasteiger partial charge in [-0.3, -0.25) is 0 Å². The molecule has 1 aliphatic rings. The number of imidazole rings is 1. The summed E-state index contributed by atoms with van der Waals surface area (Å²) in [4.78, 5) is 10.8. The van der Waals surface area contributed by atoms with E-state index in [9.17, 15) is 4.39 Å². The van der Waals surface area contributed by atoms with Gasteiger partial charge in [-0.05, 0) is 25.5 Å². The molecule has 6 nitrogen and oxygen atoms in total. The Morgan fingerprint density at radius 1 is 1.32 bits per heavy atom. The molecule has 1 unspecified atom stereocenters. The summed E-state index contributed by atoms with van der Waals surface area (Å²) >= 11 is 0. The third-order valence-corrected chi connectivity index (χ3v) is 4.71. The van der Waals surface area contributed by atoms with Gasteiger partial charge < -0.3 is 14.0 Å². The third kappa shape index (κ3) is 3.26. The number of halogens is 1. The summed E-state index contributed by atoms with van der Waals surface area (Å²) in [5, 5.41) is 4.09. The van der Waals surface area contributed by atoms with E-state index < -0.39 is 0 Å². The minimum atomic E-state index is -0.190. The summed E-state index contributed by atoms with van der Waals surface area (Å²) in [5.74, 6) is 2.28. The first-order valence-corrected chi connectivity index (χ1v) is 8.50. The molecule has 1 saturated heterocycles. The van der Waals surface area contributed by atoms with Crippen LogP contribution in [0, 0.1) is 12.7 Å². The van der Waals surface area contributed by atoms with Crippen LogP contribution in [0.3, 0.4) is 0 Å². The van der Waals surface area contributed by atoms with Crippen LogP contribution in [-0.2, 0) is 13.0 Å². The smallest absolute Gasteiger partial charge is 0.231 e. The molecule has 0 amide bonds. The Bertz CT molecular complexity index is 859. The number of anilines is 1. The van der Waals surface area contributed by atoms with Crippen molar-refractivity contribution < 1.29 is 8.91 Å². The molecule has 1 aliphatic heterocycles. The van der Waals surface area contributed by atoms with E-state index in [2.05, 4.69) is 19.7 Å². The summed E-state index contributed by atoms with van der Waals surface area (Å²) in [6.45, 7) is 4.23. The maximum absolute atomic E-state index is 13.9. The monoisotopic (exact) mass is 341 g/mol. The van der Waals surface area contributed by atoms with E-state index in [-0.39, 0.29) is 11.7 Å². The van der Waals surface area contributed by atoms with Gasteiger partial charge >= 0.3 is 0 Å². The molecule has 0 radical (unpaired) electrons. The van der Waals surface area contributed by atoms with Crippen molar-refractivity contribution in [1.29, 1.82) is 0 Å². The lowest BCUT2D eigenvalue weighted by atomic mass is 10.1. The van der Waals surface area contributed by atoms with Crippen LogP contribution in [0.5, 0.6) is 0 Å². The average Bonchev–Trinajstić information content (AvgIpc) is 3.34. The van der Waals surface area contributed by atoms with Gasteiger partial charge in [-0.15, -0.1) is 0 Å². The largest absolute Gasteiger partial charge is 0.368 e. The number of para-hydroxylation sites is 1. The van der Waals surface area contributed by atoms with Crippen LogP contribution in [0.25, 0.3) is 0 Å². The first-order valence-electron chi connectivity index (χ1n) is 8.50. The summed E-state index contributed by atoms with van der Waals surface area (Å²) < 4.78 is 21.5. The van der Waals surface area contributed by atoms with E-state index in [0.29, 0.717) is 30.4 Å². The van der Waals surface area contributed by atoms with Gasteiger partial charge in [0.2, 0.25) is 5.89 Å². The van der Waals surface area contributed by atoms with Crippen molar-refractivity contribution in [3.63, 3.8) is 0 Å². The Morgan fingerprint density at radius 3 is 3.00 bits per heavy atom. The summed E-state index contributed by atoms with van der Waals surface area (Å²) in [6.07, 6.45) is 5.31. The molecule has 1 atom stereocenters. The SMILES string of the molecule is Cc1nccn1CCc1noc(C2CCN(c3ccccc3F)C2)n1. The second kappa shape index (κ2) is 6.66. The number of hydrogen-bond donors (Lipinski definition) is 0. The molecule has 0 saturated carbocycles. The fraction of sp³-hybridized carbons (Fsp3) is 0.389. The lowest BCUT2D eigenvalue weighted by molar-refractivity contribution is 0.354. The first-order chi connectivity index (χ1) is 12.2. The number of aryl methyl sites for hydroxylation is 3. The van der Waals surface area contributed by atoms with Gasteiger partial charge in [0.15, 0.2) is 5.82 Å². The Kier molecular flexibility index (Phi) is 4.21. The molecule has 0 bridgehead atoms. The number of benzene rings is 1. The highest BCUT2D eigenvalue weighted by Crippen LogP contribution is 2.31. The average molecular weight is 341 g/mol. The van der Waals surface area contributed by atoms with Crippen molar-refractivity contribution in [2.45, 2.75) is 32.2 Å².